The zero-order valence-corrected chi connectivity index (χ0v) is 16.1. The van der Waals surface area contributed by atoms with Crippen LogP contribution in [-0.2, 0) is 9.53 Å². The molecule has 0 heterocycles. The minimum absolute atomic E-state index is 0.137. The predicted octanol–water partition coefficient (Wildman–Crippen LogP) is 2.20. The predicted molar refractivity (Wildman–Crippen MR) is 103 cm³/mol. The van der Waals surface area contributed by atoms with Crippen LogP contribution >= 0.6 is 0 Å². The van der Waals surface area contributed by atoms with Crippen molar-refractivity contribution in [3.63, 3.8) is 0 Å². The molecule has 0 aliphatic carbocycles. The molecule has 0 aromatic heterocycles. The van der Waals surface area contributed by atoms with Gasteiger partial charge >= 0.3 is 5.97 Å². The number of esters is 1. The van der Waals surface area contributed by atoms with Gasteiger partial charge in [0.2, 0.25) is 0 Å². The molecule has 1 N–H and O–H groups in total. The largest absolute Gasteiger partial charge is 0.493 e. The summed E-state index contributed by atoms with van der Waals surface area (Å²) in [6.07, 6.45) is 0. The van der Waals surface area contributed by atoms with Gasteiger partial charge in [0, 0.05) is 25.3 Å². The van der Waals surface area contributed by atoms with Gasteiger partial charge in [-0.2, -0.15) is 0 Å². The van der Waals surface area contributed by atoms with Gasteiger partial charge in [-0.15, -0.1) is 0 Å². The summed E-state index contributed by atoms with van der Waals surface area (Å²) in [5.41, 5.74) is 1.22. The van der Waals surface area contributed by atoms with E-state index in [0.29, 0.717) is 22.7 Å². The van der Waals surface area contributed by atoms with Gasteiger partial charge in [0.05, 0.1) is 19.8 Å². The summed E-state index contributed by atoms with van der Waals surface area (Å²) in [6.45, 7) is -0.453. The molecule has 2 amide bonds. The summed E-state index contributed by atoms with van der Waals surface area (Å²) in [6, 6.07) is 11.0. The van der Waals surface area contributed by atoms with Crippen LogP contribution in [0.4, 0.5) is 5.69 Å². The van der Waals surface area contributed by atoms with Crippen LogP contribution < -0.4 is 14.8 Å². The molecule has 0 atom stereocenters. The number of carbonyl (C=O) groups is 3. The van der Waals surface area contributed by atoms with E-state index in [4.69, 9.17) is 14.2 Å². The number of hydrogen-bond donors (Lipinski definition) is 1. The van der Waals surface area contributed by atoms with Crippen LogP contribution in [0.15, 0.2) is 42.5 Å². The number of anilines is 1. The molecule has 8 heteroatoms. The zero-order valence-electron chi connectivity index (χ0n) is 16.1. The second kappa shape index (κ2) is 9.40. The second-order valence-electron chi connectivity index (χ2n) is 5.97. The normalized spacial score (nSPS) is 10.0. The molecule has 2 aromatic carbocycles. The van der Waals surface area contributed by atoms with Gasteiger partial charge in [0.15, 0.2) is 18.1 Å². The number of amides is 2. The highest BCUT2D eigenvalue weighted by atomic mass is 16.5. The molecular weight excluding hydrogens is 364 g/mol. The number of rotatable bonds is 7. The number of carbonyl (C=O) groups excluding carboxylic acids is 3. The average Bonchev–Trinajstić information content (AvgIpc) is 2.71. The minimum Gasteiger partial charge on any atom is -0.493 e. The Morgan fingerprint density at radius 3 is 2.07 bits per heavy atom. The maximum atomic E-state index is 12.1. The highest BCUT2D eigenvalue weighted by Gasteiger charge is 2.14. The third-order valence-electron chi connectivity index (χ3n) is 3.78. The van der Waals surface area contributed by atoms with E-state index in [1.54, 1.807) is 44.4 Å². The topological polar surface area (TPSA) is 94.2 Å². The Bertz CT molecular complexity index is 861. The van der Waals surface area contributed by atoms with Crippen LogP contribution in [0.3, 0.4) is 0 Å². The molecular formula is C20H22N2O6. The smallest absolute Gasteiger partial charge is 0.338 e. The lowest BCUT2D eigenvalue weighted by molar-refractivity contribution is -0.119. The Morgan fingerprint density at radius 1 is 0.893 bits per heavy atom. The summed E-state index contributed by atoms with van der Waals surface area (Å²) >= 11 is 0. The van der Waals surface area contributed by atoms with E-state index in [2.05, 4.69) is 5.32 Å². The summed E-state index contributed by atoms with van der Waals surface area (Å²) in [5, 5.41) is 2.60. The molecule has 0 aliphatic rings. The summed E-state index contributed by atoms with van der Waals surface area (Å²) in [5.74, 6) is -0.438. The summed E-state index contributed by atoms with van der Waals surface area (Å²) in [7, 11) is 6.26. The fourth-order valence-corrected chi connectivity index (χ4v) is 2.33. The first-order valence-electron chi connectivity index (χ1n) is 8.36. The first-order chi connectivity index (χ1) is 13.3. The molecule has 0 unspecified atom stereocenters. The van der Waals surface area contributed by atoms with E-state index in [1.807, 2.05) is 0 Å². The number of methoxy groups -OCH3 is 2. The van der Waals surface area contributed by atoms with Crippen LogP contribution in [0.25, 0.3) is 0 Å². The van der Waals surface area contributed by atoms with Gasteiger partial charge in [0.25, 0.3) is 11.8 Å². The SMILES string of the molecule is COc1ccc(C(=O)OCC(=O)Nc2ccc(C(=O)N(C)C)cc2)cc1OC. The Hall–Kier alpha value is -3.55. The number of benzene rings is 2. The van der Waals surface area contributed by atoms with Crippen molar-refractivity contribution in [2.24, 2.45) is 0 Å². The standard InChI is InChI=1S/C20H22N2O6/c1-22(2)19(24)13-5-8-15(9-6-13)21-18(23)12-28-20(25)14-7-10-16(26-3)17(11-14)27-4/h5-11H,12H2,1-4H3,(H,21,23). The van der Waals surface area contributed by atoms with Crippen molar-refractivity contribution in [2.45, 2.75) is 0 Å². The molecule has 0 spiro atoms. The lowest BCUT2D eigenvalue weighted by atomic mass is 10.2. The summed E-state index contributed by atoms with van der Waals surface area (Å²) in [4.78, 5) is 37.4. The number of ether oxygens (including phenoxy) is 3. The van der Waals surface area contributed by atoms with Crippen molar-refractivity contribution < 1.29 is 28.6 Å². The van der Waals surface area contributed by atoms with Crippen molar-refractivity contribution in [3.8, 4) is 11.5 Å². The van der Waals surface area contributed by atoms with Gasteiger partial charge in [-0.3, -0.25) is 9.59 Å². The van der Waals surface area contributed by atoms with Crippen molar-refractivity contribution in [2.75, 3.05) is 40.2 Å². The third-order valence-corrected chi connectivity index (χ3v) is 3.78. The molecule has 148 valence electrons. The minimum atomic E-state index is -0.664. The monoisotopic (exact) mass is 386 g/mol. The van der Waals surface area contributed by atoms with Gasteiger partial charge in [-0.1, -0.05) is 0 Å². The highest BCUT2D eigenvalue weighted by Crippen LogP contribution is 2.27. The Kier molecular flexibility index (Phi) is 6.97. The van der Waals surface area contributed by atoms with E-state index in [0.717, 1.165) is 0 Å². The average molecular weight is 386 g/mol. The quantitative estimate of drug-likeness (QED) is 0.733. The van der Waals surface area contributed by atoms with E-state index in [-0.39, 0.29) is 11.5 Å². The lowest BCUT2D eigenvalue weighted by Gasteiger charge is -2.11. The van der Waals surface area contributed by atoms with Gasteiger partial charge in [-0.25, -0.2) is 4.79 Å². The highest BCUT2D eigenvalue weighted by molar-refractivity contribution is 5.97. The van der Waals surface area contributed by atoms with Gasteiger partial charge in [0.1, 0.15) is 0 Å². The Labute approximate surface area is 163 Å². The van der Waals surface area contributed by atoms with Crippen LogP contribution in [0.5, 0.6) is 11.5 Å². The molecule has 0 aliphatic heterocycles. The van der Waals surface area contributed by atoms with Crippen LogP contribution in [0.2, 0.25) is 0 Å². The van der Waals surface area contributed by atoms with Crippen molar-refractivity contribution >= 4 is 23.5 Å². The molecule has 2 aromatic rings. The van der Waals surface area contributed by atoms with Crippen LogP contribution in [-0.4, -0.2) is 57.6 Å². The van der Waals surface area contributed by atoms with Gasteiger partial charge < -0.3 is 24.4 Å². The number of nitrogens with zero attached hydrogens (tertiary/aromatic N) is 1. The zero-order chi connectivity index (χ0) is 20.7. The van der Waals surface area contributed by atoms with Crippen molar-refractivity contribution in [1.29, 1.82) is 0 Å². The Morgan fingerprint density at radius 2 is 1.50 bits per heavy atom. The molecule has 0 saturated carbocycles. The summed E-state index contributed by atoms with van der Waals surface area (Å²) < 4.78 is 15.3. The molecule has 0 fully saturated rings. The molecule has 28 heavy (non-hydrogen) atoms. The van der Waals surface area contributed by atoms with E-state index < -0.39 is 18.5 Å². The van der Waals surface area contributed by atoms with Gasteiger partial charge in [-0.05, 0) is 42.5 Å². The first kappa shape index (κ1) is 20.8. The van der Waals surface area contributed by atoms with Crippen LogP contribution in [0.1, 0.15) is 20.7 Å². The van der Waals surface area contributed by atoms with E-state index >= 15 is 0 Å². The van der Waals surface area contributed by atoms with Crippen molar-refractivity contribution in [1.82, 2.24) is 4.90 Å². The molecule has 8 nitrogen and oxygen atoms in total. The molecule has 2 rings (SSSR count). The third kappa shape index (κ3) is 5.23. The first-order valence-corrected chi connectivity index (χ1v) is 8.36. The van der Waals surface area contributed by atoms with Crippen LogP contribution in [0, 0.1) is 0 Å². The fourth-order valence-electron chi connectivity index (χ4n) is 2.33. The number of hydrogen-bond acceptors (Lipinski definition) is 6. The van der Waals surface area contributed by atoms with Crippen molar-refractivity contribution in [3.05, 3.63) is 53.6 Å². The molecule has 0 radical (unpaired) electrons. The second-order valence-corrected chi connectivity index (χ2v) is 5.97. The lowest BCUT2D eigenvalue weighted by Crippen LogP contribution is -2.22. The fraction of sp³-hybridized carbons (Fsp3) is 0.250. The Balaban J connectivity index is 1.91. The number of nitrogens with one attached hydrogen (secondary N) is 1. The van der Waals surface area contributed by atoms with E-state index in [1.165, 1.54) is 31.3 Å². The molecule has 0 bridgehead atoms. The maximum absolute atomic E-state index is 12.1. The van der Waals surface area contributed by atoms with E-state index in [9.17, 15) is 14.4 Å². The maximum Gasteiger partial charge on any atom is 0.338 e. The molecule has 0 saturated heterocycles.